The Morgan fingerprint density at radius 2 is 1.91 bits per heavy atom. The summed E-state index contributed by atoms with van der Waals surface area (Å²) in [5.41, 5.74) is 10.8. The summed E-state index contributed by atoms with van der Waals surface area (Å²) in [6.07, 6.45) is 5.48. The third-order valence-electron chi connectivity index (χ3n) is 4.45. The molecular formula is C17H19N5. The molecule has 4 rings (SSSR count). The predicted molar refractivity (Wildman–Crippen MR) is 86.6 cm³/mol. The minimum Gasteiger partial charge on any atom is -0.383 e. The lowest BCUT2D eigenvalue weighted by Gasteiger charge is -2.10. The number of anilines is 1. The number of fused-ring (bicyclic) bond motifs is 2. The first-order valence-electron chi connectivity index (χ1n) is 7.82. The molecule has 0 saturated heterocycles. The van der Waals surface area contributed by atoms with Crippen LogP contribution in [0.4, 0.5) is 5.82 Å². The van der Waals surface area contributed by atoms with Crippen LogP contribution < -0.4 is 5.73 Å². The van der Waals surface area contributed by atoms with Crippen LogP contribution in [0.3, 0.4) is 0 Å². The highest BCUT2D eigenvalue weighted by molar-refractivity contribution is 5.88. The van der Waals surface area contributed by atoms with Crippen molar-refractivity contribution in [2.24, 2.45) is 0 Å². The monoisotopic (exact) mass is 293 g/mol. The molecule has 2 N–H and O–H groups in total. The van der Waals surface area contributed by atoms with Gasteiger partial charge in [0.1, 0.15) is 12.1 Å². The van der Waals surface area contributed by atoms with Gasteiger partial charge in [0, 0.05) is 0 Å². The summed E-state index contributed by atoms with van der Waals surface area (Å²) in [6.45, 7) is 2.15. The Kier molecular flexibility index (Phi) is 3.06. The zero-order valence-electron chi connectivity index (χ0n) is 12.7. The molecule has 0 bridgehead atoms. The zero-order valence-corrected chi connectivity index (χ0v) is 12.7. The quantitative estimate of drug-likeness (QED) is 0.806. The number of nitrogens with zero attached hydrogens (tertiary/aromatic N) is 4. The molecular weight excluding hydrogens is 274 g/mol. The Morgan fingerprint density at radius 3 is 2.59 bits per heavy atom. The Morgan fingerprint density at radius 1 is 1.18 bits per heavy atom. The summed E-state index contributed by atoms with van der Waals surface area (Å²) in [5.74, 6) is 0.537. The molecule has 1 aliphatic carbocycles. The van der Waals surface area contributed by atoms with Crippen LogP contribution in [-0.2, 0) is 19.3 Å². The molecule has 0 atom stereocenters. The van der Waals surface area contributed by atoms with E-state index in [1.807, 2.05) is 0 Å². The van der Waals surface area contributed by atoms with E-state index >= 15 is 0 Å². The first-order valence-corrected chi connectivity index (χ1v) is 7.82. The van der Waals surface area contributed by atoms with Gasteiger partial charge < -0.3 is 5.73 Å². The van der Waals surface area contributed by atoms with Crippen LogP contribution in [0.5, 0.6) is 0 Å². The first kappa shape index (κ1) is 13.2. The molecule has 5 heteroatoms. The summed E-state index contributed by atoms with van der Waals surface area (Å²) in [7, 11) is 0. The van der Waals surface area contributed by atoms with Gasteiger partial charge in [-0.2, -0.15) is 5.10 Å². The van der Waals surface area contributed by atoms with Gasteiger partial charge in [-0.1, -0.05) is 37.6 Å². The molecule has 0 spiro atoms. The second kappa shape index (κ2) is 5.09. The Hall–Kier alpha value is -2.43. The first-order chi connectivity index (χ1) is 10.8. The van der Waals surface area contributed by atoms with Crippen molar-refractivity contribution < 1.29 is 0 Å². The van der Waals surface area contributed by atoms with Crippen molar-refractivity contribution in [1.29, 1.82) is 0 Å². The van der Waals surface area contributed by atoms with Crippen molar-refractivity contribution in [1.82, 2.24) is 19.7 Å². The number of hydrogen-bond acceptors (Lipinski definition) is 4. The fraction of sp³-hybridized carbons (Fsp3) is 0.353. The van der Waals surface area contributed by atoms with Crippen LogP contribution in [-0.4, -0.2) is 19.7 Å². The maximum Gasteiger partial charge on any atom is 0.163 e. The summed E-state index contributed by atoms with van der Waals surface area (Å²) in [4.78, 5) is 8.60. The summed E-state index contributed by atoms with van der Waals surface area (Å²) >= 11 is 0. The number of nitrogen functional groups attached to an aromatic ring is 1. The van der Waals surface area contributed by atoms with Crippen LogP contribution in [0.1, 0.15) is 36.2 Å². The molecule has 0 unspecified atom stereocenters. The molecule has 0 saturated carbocycles. The van der Waals surface area contributed by atoms with Crippen LogP contribution in [0.15, 0.2) is 30.6 Å². The fourth-order valence-electron chi connectivity index (χ4n) is 3.44. The number of benzene rings is 1. The molecule has 2 heterocycles. The van der Waals surface area contributed by atoms with Gasteiger partial charge in [-0.15, -0.1) is 0 Å². The van der Waals surface area contributed by atoms with Crippen LogP contribution in [0.2, 0.25) is 0 Å². The Balaban J connectivity index is 1.82. The second-order valence-corrected chi connectivity index (χ2v) is 5.93. The highest BCUT2D eigenvalue weighted by Gasteiger charge is 2.26. The number of nitrogens with two attached hydrogens (primary N) is 1. The predicted octanol–water partition coefficient (Wildman–Crippen LogP) is 2.70. The van der Waals surface area contributed by atoms with Gasteiger partial charge in [-0.3, -0.25) is 0 Å². The molecule has 1 aromatic carbocycles. The maximum absolute atomic E-state index is 6.08. The molecule has 3 aromatic rings. The van der Waals surface area contributed by atoms with E-state index in [9.17, 15) is 0 Å². The van der Waals surface area contributed by atoms with Crippen LogP contribution in [0.25, 0.3) is 11.0 Å². The minimum absolute atomic E-state index is 0.319. The number of aromatic nitrogens is 4. The van der Waals surface area contributed by atoms with E-state index in [-0.39, 0.29) is 0 Å². The van der Waals surface area contributed by atoms with Gasteiger partial charge in [-0.05, 0) is 30.4 Å². The lowest BCUT2D eigenvalue weighted by atomic mass is 10.1. The van der Waals surface area contributed by atoms with E-state index < -0.39 is 0 Å². The number of rotatable bonds is 3. The smallest absolute Gasteiger partial charge is 0.163 e. The van der Waals surface area contributed by atoms with E-state index in [0.717, 1.165) is 42.4 Å². The third-order valence-corrected chi connectivity index (χ3v) is 4.45. The largest absolute Gasteiger partial charge is 0.383 e. The molecule has 0 aliphatic heterocycles. The van der Waals surface area contributed by atoms with Crippen molar-refractivity contribution in [3.05, 3.63) is 47.4 Å². The van der Waals surface area contributed by atoms with Gasteiger partial charge in [-0.25, -0.2) is 14.6 Å². The third kappa shape index (κ3) is 1.96. The molecule has 22 heavy (non-hydrogen) atoms. The van der Waals surface area contributed by atoms with Gasteiger partial charge in [0.05, 0.1) is 17.1 Å². The molecule has 2 aromatic heterocycles. The highest BCUT2D eigenvalue weighted by atomic mass is 15.3. The molecule has 0 radical (unpaired) electrons. The van der Waals surface area contributed by atoms with Crippen molar-refractivity contribution >= 4 is 16.9 Å². The highest BCUT2D eigenvalue weighted by Crippen LogP contribution is 2.33. The minimum atomic E-state index is 0.319. The molecule has 112 valence electrons. The number of hydrogen-bond donors (Lipinski definition) is 1. The van der Waals surface area contributed by atoms with Crippen LogP contribution in [0, 0.1) is 0 Å². The Bertz CT molecular complexity index is 811. The van der Waals surface area contributed by atoms with Crippen molar-refractivity contribution in [3.63, 3.8) is 0 Å². The van der Waals surface area contributed by atoms with Gasteiger partial charge >= 0.3 is 0 Å². The molecule has 0 amide bonds. The fourth-order valence-corrected chi connectivity index (χ4v) is 3.44. The van der Waals surface area contributed by atoms with Gasteiger partial charge in [0.15, 0.2) is 5.65 Å². The van der Waals surface area contributed by atoms with Crippen molar-refractivity contribution in [3.8, 4) is 0 Å². The second-order valence-electron chi connectivity index (χ2n) is 5.93. The van der Waals surface area contributed by atoms with Crippen molar-refractivity contribution in [2.45, 2.75) is 38.6 Å². The Labute approximate surface area is 129 Å². The van der Waals surface area contributed by atoms with E-state index in [0.29, 0.717) is 11.9 Å². The van der Waals surface area contributed by atoms with Crippen molar-refractivity contribution in [2.75, 3.05) is 5.73 Å². The SMILES string of the molecule is CCCc1nn(C2Cc3ccccc3C2)c2ncnc(N)c12. The molecule has 0 fully saturated rings. The normalized spacial score (nSPS) is 14.6. The standard InChI is InChI=1S/C17H19N5/c1-2-5-14-15-16(18)19-10-20-17(15)22(21-14)13-8-11-6-3-4-7-12(11)9-13/h3-4,6-7,10,13H,2,5,8-9H2,1H3,(H2,18,19,20). The lowest BCUT2D eigenvalue weighted by Crippen LogP contribution is -2.11. The van der Waals surface area contributed by atoms with E-state index in [1.165, 1.54) is 17.5 Å². The van der Waals surface area contributed by atoms with E-state index in [1.54, 1.807) is 0 Å². The zero-order chi connectivity index (χ0) is 15.1. The molecule has 5 nitrogen and oxygen atoms in total. The summed E-state index contributed by atoms with van der Waals surface area (Å²) in [6, 6.07) is 8.94. The summed E-state index contributed by atoms with van der Waals surface area (Å²) < 4.78 is 2.07. The maximum atomic E-state index is 6.08. The summed E-state index contributed by atoms with van der Waals surface area (Å²) in [5, 5.41) is 5.77. The molecule has 1 aliphatic rings. The van der Waals surface area contributed by atoms with E-state index in [4.69, 9.17) is 10.8 Å². The topological polar surface area (TPSA) is 69.6 Å². The van der Waals surface area contributed by atoms with Gasteiger partial charge in [0.25, 0.3) is 0 Å². The lowest BCUT2D eigenvalue weighted by molar-refractivity contribution is 0.482. The average Bonchev–Trinajstić information content (AvgIpc) is 3.10. The van der Waals surface area contributed by atoms with Crippen LogP contribution >= 0.6 is 0 Å². The van der Waals surface area contributed by atoms with E-state index in [2.05, 4.69) is 45.8 Å². The average molecular weight is 293 g/mol. The number of aryl methyl sites for hydroxylation is 1. The van der Waals surface area contributed by atoms with Gasteiger partial charge in [0.2, 0.25) is 0 Å².